The number of aryl methyl sites for hydroxylation is 1. The van der Waals surface area contributed by atoms with Gasteiger partial charge in [0.15, 0.2) is 0 Å². The Kier molecular flexibility index (Phi) is 4.09. The predicted octanol–water partition coefficient (Wildman–Crippen LogP) is 4.30. The molecule has 0 aliphatic carbocycles. The first kappa shape index (κ1) is 13.2. The van der Waals surface area contributed by atoms with E-state index in [0.29, 0.717) is 5.56 Å². The maximum atomic E-state index is 12.1. The van der Waals surface area contributed by atoms with Crippen molar-refractivity contribution in [3.05, 3.63) is 58.1 Å². The summed E-state index contributed by atoms with van der Waals surface area (Å²) in [5.74, 6) is -0.141. The highest BCUT2D eigenvalue weighted by Gasteiger charge is 2.09. The SMILES string of the molecule is Cc1cccc(NC(=O)c2cccc(S)c2)c1Br. The third-order valence-electron chi connectivity index (χ3n) is 2.55. The number of amides is 1. The van der Waals surface area contributed by atoms with E-state index in [1.807, 2.05) is 37.3 Å². The van der Waals surface area contributed by atoms with Gasteiger partial charge in [-0.1, -0.05) is 18.2 Å². The number of halogens is 1. The van der Waals surface area contributed by atoms with E-state index in [4.69, 9.17) is 0 Å². The average molecular weight is 322 g/mol. The van der Waals surface area contributed by atoms with Gasteiger partial charge in [0.25, 0.3) is 5.91 Å². The normalized spacial score (nSPS) is 10.2. The lowest BCUT2D eigenvalue weighted by Gasteiger charge is -2.09. The van der Waals surface area contributed by atoms with Crippen molar-refractivity contribution in [3.8, 4) is 0 Å². The molecular formula is C14H12BrNOS. The highest BCUT2D eigenvalue weighted by molar-refractivity contribution is 9.10. The Morgan fingerprint density at radius 1 is 1.22 bits per heavy atom. The largest absolute Gasteiger partial charge is 0.321 e. The van der Waals surface area contributed by atoms with Gasteiger partial charge in [-0.05, 0) is 52.7 Å². The second-order valence-corrected chi connectivity index (χ2v) is 5.25. The van der Waals surface area contributed by atoms with E-state index < -0.39 is 0 Å². The van der Waals surface area contributed by atoms with Crippen molar-refractivity contribution in [1.29, 1.82) is 0 Å². The summed E-state index contributed by atoms with van der Waals surface area (Å²) >= 11 is 7.69. The van der Waals surface area contributed by atoms with Crippen LogP contribution in [0.4, 0.5) is 5.69 Å². The maximum Gasteiger partial charge on any atom is 0.255 e. The van der Waals surface area contributed by atoms with E-state index >= 15 is 0 Å². The van der Waals surface area contributed by atoms with Gasteiger partial charge >= 0.3 is 0 Å². The Labute approximate surface area is 120 Å². The number of hydrogen-bond donors (Lipinski definition) is 2. The van der Waals surface area contributed by atoms with E-state index in [1.54, 1.807) is 12.1 Å². The topological polar surface area (TPSA) is 29.1 Å². The molecular weight excluding hydrogens is 310 g/mol. The molecule has 0 fully saturated rings. The van der Waals surface area contributed by atoms with Gasteiger partial charge in [-0.3, -0.25) is 4.79 Å². The second kappa shape index (κ2) is 5.59. The van der Waals surface area contributed by atoms with Crippen LogP contribution in [0.2, 0.25) is 0 Å². The van der Waals surface area contributed by atoms with Gasteiger partial charge in [-0.25, -0.2) is 0 Å². The van der Waals surface area contributed by atoms with Gasteiger partial charge in [0.1, 0.15) is 0 Å². The van der Waals surface area contributed by atoms with Crippen LogP contribution in [0.5, 0.6) is 0 Å². The molecule has 0 bridgehead atoms. The summed E-state index contributed by atoms with van der Waals surface area (Å²) in [7, 11) is 0. The van der Waals surface area contributed by atoms with E-state index in [-0.39, 0.29) is 5.91 Å². The molecule has 4 heteroatoms. The summed E-state index contributed by atoms with van der Waals surface area (Å²) in [6.07, 6.45) is 0. The summed E-state index contributed by atoms with van der Waals surface area (Å²) in [6.45, 7) is 1.98. The van der Waals surface area contributed by atoms with E-state index in [9.17, 15) is 4.79 Å². The number of rotatable bonds is 2. The van der Waals surface area contributed by atoms with Gasteiger partial charge in [-0.2, -0.15) is 0 Å². The molecule has 2 aromatic carbocycles. The Hall–Kier alpha value is -1.26. The van der Waals surface area contributed by atoms with Crippen molar-refractivity contribution in [2.24, 2.45) is 0 Å². The number of carbonyl (C=O) groups is 1. The molecule has 1 amide bonds. The minimum atomic E-state index is -0.141. The van der Waals surface area contributed by atoms with Crippen LogP contribution in [-0.2, 0) is 0 Å². The number of hydrogen-bond acceptors (Lipinski definition) is 2. The molecule has 1 N–H and O–H groups in total. The molecule has 0 atom stereocenters. The molecule has 0 aliphatic heterocycles. The molecule has 0 aliphatic rings. The predicted molar refractivity (Wildman–Crippen MR) is 80.5 cm³/mol. The smallest absolute Gasteiger partial charge is 0.255 e. The second-order valence-electron chi connectivity index (χ2n) is 3.94. The van der Waals surface area contributed by atoms with Crippen molar-refractivity contribution in [2.75, 3.05) is 5.32 Å². The van der Waals surface area contributed by atoms with Gasteiger partial charge in [0, 0.05) is 14.9 Å². The highest BCUT2D eigenvalue weighted by Crippen LogP contribution is 2.26. The van der Waals surface area contributed by atoms with Gasteiger partial charge in [0.05, 0.1) is 5.69 Å². The summed E-state index contributed by atoms with van der Waals surface area (Å²) in [5.41, 5.74) is 2.44. The number of nitrogens with one attached hydrogen (secondary N) is 1. The van der Waals surface area contributed by atoms with Crippen LogP contribution in [0.25, 0.3) is 0 Å². The molecule has 2 nitrogen and oxygen atoms in total. The summed E-state index contributed by atoms with van der Waals surface area (Å²) in [5, 5.41) is 2.87. The molecule has 0 spiro atoms. The minimum absolute atomic E-state index is 0.141. The molecule has 2 aromatic rings. The van der Waals surface area contributed by atoms with Crippen LogP contribution in [0, 0.1) is 6.92 Å². The van der Waals surface area contributed by atoms with Gasteiger partial charge in [0.2, 0.25) is 0 Å². The average Bonchev–Trinajstić information content (AvgIpc) is 2.35. The Balaban J connectivity index is 2.24. The van der Waals surface area contributed by atoms with Crippen molar-refractivity contribution in [2.45, 2.75) is 11.8 Å². The third kappa shape index (κ3) is 2.94. The zero-order valence-corrected chi connectivity index (χ0v) is 12.3. The molecule has 0 radical (unpaired) electrons. The zero-order valence-electron chi connectivity index (χ0n) is 9.77. The standard InChI is InChI=1S/C14H12BrNOS/c1-9-4-2-7-12(13(9)15)16-14(17)10-5-3-6-11(18)8-10/h2-8,18H,1H3,(H,16,17). The molecule has 92 valence electrons. The number of carbonyl (C=O) groups excluding carboxylic acids is 1. The van der Waals surface area contributed by atoms with Crippen LogP contribution in [-0.4, -0.2) is 5.91 Å². The molecule has 0 unspecified atom stereocenters. The Morgan fingerprint density at radius 3 is 2.67 bits per heavy atom. The summed E-state index contributed by atoms with van der Waals surface area (Å²) < 4.78 is 0.903. The quantitative estimate of drug-likeness (QED) is 0.793. The van der Waals surface area contributed by atoms with Crippen molar-refractivity contribution in [3.63, 3.8) is 0 Å². The minimum Gasteiger partial charge on any atom is -0.321 e. The Bertz CT molecular complexity index is 598. The number of benzene rings is 2. The Morgan fingerprint density at radius 2 is 1.94 bits per heavy atom. The monoisotopic (exact) mass is 321 g/mol. The van der Waals surface area contributed by atoms with E-state index in [2.05, 4.69) is 33.9 Å². The van der Waals surface area contributed by atoms with Crippen LogP contribution >= 0.6 is 28.6 Å². The van der Waals surface area contributed by atoms with E-state index in [0.717, 1.165) is 20.6 Å². The molecule has 0 saturated carbocycles. The first-order valence-corrected chi connectivity index (χ1v) is 6.67. The first-order chi connectivity index (χ1) is 8.58. The van der Waals surface area contributed by atoms with Crippen molar-refractivity contribution < 1.29 is 4.79 Å². The van der Waals surface area contributed by atoms with Gasteiger partial charge in [-0.15, -0.1) is 12.6 Å². The lowest BCUT2D eigenvalue weighted by Crippen LogP contribution is -2.12. The fraction of sp³-hybridized carbons (Fsp3) is 0.0714. The van der Waals surface area contributed by atoms with Crippen molar-refractivity contribution in [1.82, 2.24) is 0 Å². The molecule has 0 saturated heterocycles. The lowest BCUT2D eigenvalue weighted by atomic mass is 10.2. The van der Waals surface area contributed by atoms with Crippen LogP contribution in [0.15, 0.2) is 51.8 Å². The van der Waals surface area contributed by atoms with E-state index in [1.165, 1.54) is 0 Å². The number of thiol groups is 1. The summed E-state index contributed by atoms with van der Waals surface area (Å²) in [4.78, 5) is 12.8. The zero-order chi connectivity index (χ0) is 13.1. The maximum absolute atomic E-state index is 12.1. The lowest BCUT2D eigenvalue weighted by molar-refractivity contribution is 0.102. The number of anilines is 1. The fourth-order valence-electron chi connectivity index (χ4n) is 1.59. The molecule has 0 heterocycles. The first-order valence-electron chi connectivity index (χ1n) is 5.43. The van der Waals surface area contributed by atoms with Gasteiger partial charge < -0.3 is 5.32 Å². The fourth-order valence-corrected chi connectivity index (χ4v) is 2.17. The molecule has 18 heavy (non-hydrogen) atoms. The highest BCUT2D eigenvalue weighted by atomic mass is 79.9. The van der Waals surface area contributed by atoms with Crippen molar-refractivity contribution >= 4 is 40.2 Å². The third-order valence-corrected chi connectivity index (χ3v) is 3.88. The van der Waals surface area contributed by atoms with Crippen LogP contribution in [0.3, 0.4) is 0 Å². The molecule has 0 aromatic heterocycles. The molecule has 2 rings (SSSR count). The summed E-state index contributed by atoms with van der Waals surface area (Å²) in [6, 6.07) is 12.9. The van der Waals surface area contributed by atoms with Crippen LogP contribution < -0.4 is 5.32 Å². The van der Waals surface area contributed by atoms with Crippen LogP contribution in [0.1, 0.15) is 15.9 Å².